The lowest BCUT2D eigenvalue weighted by molar-refractivity contribution is -0.119. The molecule has 1 aliphatic rings. The quantitative estimate of drug-likeness (QED) is 0.855. The van der Waals surface area contributed by atoms with Crippen molar-refractivity contribution >= 4 is 23.3 Å². The van der Waals surface area contributed by atoms with Gasteiger partial charge in [-0.3, -0.25) is 4.79 Å². The molecule has 0 spiro atoms. The van der Waals surface area contributed by atoms with Gasteiger partial charge in [0.2, 0.25) is 11.2 Å². The van der Waals surface area contributed by atoms with Crippen LogP contribution in [0, 0.1) is 11.3 Å². The number of pyridine rings is 1. The summed E-state index contributed by atoms with van der Waals surface area (Å²) in [5.41, 5.74) is 7.03. The highest BCUT2D eigenvalue weighted by molar-refractivity contribution is 6.28. The van der Waals surface area contributed by atoms with Gasteiger partial charge in [-0.1, -0.05) is 0 Å². The smallest absolute Gasteiger partial charge is 0.240 e. The predicted molar refractivity (Wildman–Crippen MR) is 84.6 cm³/mol. The summed E-state index contributed by atoms with van der Waals surface area (Å²) in [6.45, 7) is 0.647. The molecular weight excluding hydrogens is 316 g/mol. The van der Waals surface area contributed by atoms with E-state index in [4.69, 9.17) is 17.3 Å². The van der Waals surface area contributed by atoms with Gasteiger partial charge in [0.15, 0.2) is 0 Å². The van der Waals surface area contributed by atoms with Crippen LogP contribution >= 0.6 is 11.6 Å². The number of primary amides is 1. The lowest BCUT2D eigenvalue weighted by Gasteiger charge is -2.24. The number of hydrogen-bond acceptors (Lipinski definition) is 6. The van der Waals surface area contributed by atoms with E-state index < -0.39 is 11.9 Å². The van der Waals surface area contributed by atoms with Crippen LogP contribution in [0.2, 0.25) is 5.28 Å². The van der Waals surface area contributed by atoms with Crippen molar-refractivity contribution in [2.24, 2.45) is 5.73 Å². The molecule has 0 bridgehead atoms. The van der Waals surface area contributed by atoms with E-state index in [1.807, 2.05) is 0 Å². The van der Waals surface area contributed by atoms with Crippen LogP contribution in [0.15, 0.2) is 24.5 Å². The number of carbonyl (C=O) groups excluding carboxylic acids is 1. The van der Waals surface area contributed by atoms with Gasteiger partial charge in [-0.2, -0.15) is 5.26 Å². The van der Waals surface area contributed by atoms with E-state index in [2.05, 4.69) is 21.0 Å². The number of carbonyl (C=O) groups is 1. The van der Waals surface area contributed by atoms with Crippen molar-refractivity contribution in [3.63, 3.8) is 0 Å². The van der Waals surface area contributed by atoms with Crippen LogP contribution < -0.4 is 10.6 Å². The maximum absolute atomic E-state index is 11.5. The molecule has 2 N–H and O–H groups in total. The van der Waals surface area contributed by atoms with Gasteiger partial charge < -0.3 is 10.6 Å². The maximum Gasteiger partial charge on any atom is 0.240 e. The Morgan fingerprint density at radius 2 is 2.30 bits per heavy atom. The number of nitrogens with zero attached hydrogens (tertiary/aromatic N) is 5. The molecule has 1 atom stereocenters. The van der Waals surface area contributed by atoms with Crippen molar-refractivity contribution < 1.29 is 4.79 Å². The van der Waals surface area contributed by atoms with E-state index in [0.29, 0.717) is 35.6 Å². The van der Waals surface area contributed by atoms with Crippen LogP contribution in [0.5, 0.6) is 0 Å². The number of rotatable bonds is 3. The van der Waals surface area contributed by atoms with Crippen LogP contribution in [-0.2, 0) is 4.79 Å². The molecule has 0 saturated carbocycles. The molecule has 1 fully saturated rings. The van der Waals surface area contributed by atoms with E-state index in [-0.39, 0.29) is 5.28 Å². The number of hydrogen-bond donors (Lipinski definition) is 1. The first-order valence-electron chi connectivity index (χ1n) is 7.05. The van der Waals surface area contributed by atoms with Gasteiger partial charge in [0.25, 0.3) is 0 Å². The molecular formula is C15H13ClN6O. The Morgan fingerprint density at radius 3 is 3.00 bits per heavy atom. The van der Waals surface area contributed by atoms with Crippen molar-refractivity contribution in [3.05, 3.63) is 35.4 Å². The lowest BCUT2D eigenvalue weighted by Crippen LogP contribution is -2.41. The Kier molecular flexibility index (Phi) is 4.08. The minimum atomic E-state index is -0.422. The third-order valence-corrected chi connectivity index (χ3v) is 3.94. The lowest BCUT2D eigenvalue weighted by atomic mass is 10.1. The molecule has 2 aromatic rings. The summed E-state index contributed by atoms with van der Waals surface area (Å²) in [6.07, 6.45) is 4.65. The number of aromatic nitrogens is 3. The molecule has 3 rings (SSSR count). The zero-order valence-electron chi connectivity index (χ0n) is 12.1. The highest BCUT2D eigenvalue weighted by Gasteiger charge is 2.31. The third kappa shape index (κ3) is 2.94. The molecule has 1 aliphatic heterocycles. The Morgan fingerprint density at radius 1 is 1.48 bits per heavy atom. The Balaban J connectivity index is 2.01. The van der Waals surface area contributed by atoms with Gasteiger partial charge >= 0.3 is 0 Å². The van der Waals surface area contributed by atoms with Crippen LogP contribution in [-0.4, -0.2) is 33.4 Å². The second-order valence-corrected chi connectivity index (χ2v) is 5.51. The Labute approximate surface area is 137 Å². The highest BCUT2D eigenvalue weighted by Crippen LogP contribution is 2.29. The van der Waals surface area contributed by atoms with Gasteiger partial charge in [0.1, 0.15) is 17.9 Å². The minimum absolute atomic E-state index is 0.124. The Bertz CT molecular complexity index is 803. The molecule has 23 heavy (non-hydrogen) atoms. The molecule has 0 aromatic carbocycles. The zero-order valence-corrected chi connectivity index (χ0v) is 12.9. The second-order valence-electron chi connectivity index (χ2n) is 5.17. The topological polar surface area (TPSA) is 109 Å². The summed E-state index contributed by atoms with van der Waals surface area (Å²) in [5.74, 6) is 0.0672. The molecule has 3 heterocycles. The average molecular weight is 329 g/mol. The molecule has 1 saturated heterocycles. The van der Waals surface area contributed by atoms with Crippen molar-refractivity contribution in [2.45, 2.75) is 18.9 Å². The summed E-state index contributed by atoms with van der Waals surface area (Å²) >= 11 is 5.79. The Hall–Kier alpha value is -2.72. The van der Waals surface area contributed by atoms with Gasteiger partial charge in [0, 0.05) is 24.5 Å². The van der Waals surface area contributed by atoms with Crippen molar-refractivity contribution in [1.29, 1.82) is 5.26 Å². The molecule has 0 radical (unpaired) electrons. The second kappa shape index (κ2) is 6.18. The number of anilines is 1. The number of nitriles is 1. The van der Waals surface area contributed by atoms with E-state index in [0.717, 1.165) is 6.42 Å². The molecule has 0 aliphatic carbocycles. The largest absolute Gasteiger partial charge is 0.368 e. The van der Waals surface area contributed by atoms with Gasteiger partial charge in [0.05, 0.1) is 11.3 Å². The molecule has 1 amide bonds. The summed E-state index contributed by atoms with van der Waals surface area (Å²) in [5, 5.41) is 9.56. The first kappa shape index (κ1) is 15.2. The van der Waals surface area contributed by atoms with Crippen molar-refractivity contribution in [3.8, 4) is 17.3 Å². The molecule has 8 heteroatoms. The fourth-order valence-corrected chi connectivity index (χ4v) is 2.87. The molecule has 7 nitrogen and oxygen atoms in total. The van der Waals surface area contributed by atoms with E-state index in [9.17, 15) is 10.1 Å². The van der Waals surface area contributed by atoms with Crippen LogP contribution in [0.25, 0.3) is 11.3 Å². The monoisotopic (exact) mass is 328 g/mol. The van der Waals surface area contributed by atoms with E-state index in [1.54, 1.807) is 23.2 Å². The van der Waals surface area contributed by atoms with Crippen LogP contribution in [0.3, 0.4) is 0 Å². The highest BCUT2D eigenvalue weighted by atomic mass is 35.5. The summed E-state index contributed by atoms with van der Waals surface area (Å²) in [4.78, 5) is 25.6. The minimum Gasteiger partial charge on any atom is -0.368 e. The first-order chi connectivity index (χ1) is 11.1. The van der Waals surface area contributed by atoms with Crippen molar-refractivity contribution in [1.82, 2.24) is 15.0 Å². The standard InChI is InChI=1S/C15H13ClN6O/c16-15-19-4-3-11(21-15)10-6-9(7-17)14(20-8-10)22-5-1-2-12(22)13(18)23/h3-4,6,8,12H,1-2,5H2,(H2,18,23)/t12-/m1/s1. The van der Waals surface area contributed by atoms with Gasteiger partial charge in [-0.15, -0.1) is 0 Å². The van der Waals surface area contributed by atoms with Gasteiger partial charge in [-0.05, 0) is 36.6 Å². The molecule has 0 unspecified atom stereocenters. The summed E-state index contributed by atoms with van der Waals surface area (Å²) in [6, 6.07) is 5.07. The third-order valence-electron chi connectivity index (χ3n) is 3.76. The SMILES string of the molecule is N#Cc1cc(-c2ccnc(Cl)n2)cnc1N1CCC[C@@H]1C(N)=O. The van der Waals surface area contributed by atoms with Crippen LogP contribution in [0.4, 0.5) is 5.82 Å². The van der Waals surface area contributed by atoms with Crippen molar-refractivity contribution in [2.75, 3.05) is 11.4 Å². The number of halogens is 1. The van der Waals surface area contributed by atoms with E-state index in [1.165, 1.54) is 6.20 Å². The zero-order chi connectivity index (χ0) is 16.4. The summed E-state index contributed by atoms with van der Waals surface area (Å²) < 4.78 is 0. The number of amides is 1. The van der Waals surface area contributed by atoms with Crippen LogP contribution in [0.1, 0.15) is 18.4 Å². The van der Waals surface area contributed by atoms with Gasteiger partial charge in [-0.25, -0.2) is 15.0 Å². The fraction of sp³-hybridized carbons (Fsp3) is 0.267. The maximum atomic E-state index is 11.5. The normalized spacial score (nSPS) is 17.0. The number of nitrogens with two attached hydrogens (primary N) is 1. The average Bonchev–Trinajstić information content (AvgIpc) is 3.04. The molecule has 2 aromatic heterocycles. The first-order valence-corrected chi connectivity index (χ1v) is 7.43. The van der Waals surface area contributed by atoms with E-state index >= 15 is 0 Å². The fourth-order valence-electron chi connectivity index (χ4n) is 2.72. The molecule has 116 valence electrons. The predicted octanol–water partition coefficient (Wildman–Crippen LogP) is 1.52. The summed E-state index contributed by atoms with van der Waals surface area (Å²) in [7, 11) is 0.